The molecular weight excluding hydrogens is 290 g/mol. The quantitative estimate of drug-likeness (QED) is 0.447. The molecule has 7 heteroatoms. The summed E-state index contributed by atoms with van der Waals surface area (Å²) in [6.07, 6.45) is 2.12. The molecule has 0 spiro atoms. The molecule has 3 N–H and O–H groups in total. The summed E-state index contributed by atoms with van der Waals surface area (Å²) < 4.78 is 2.57. The lowest BCUT2D eigenvalue weighted by Crippen LogP contribution is -2.40. The van der Waals surface area contributed by atoms with Crippen LogP contribution in [0.2, 0.25) is 0 Å². The number of carbonyl (C=O) groups is 3. The van der Waals surface area contributed by atoms with E-state index in [9.17, 15) is 14.4 Å². The Hall–Kier alpha value is -2.28. The number of nitrogens with one attached hydrogen (secondary N) is 3. The van der Waals surface area contributed by atoms with E-state index in [0.717, 1.165) is 11.9 Å². The standard InChI is InChI=1S/C14H15N3O3S/c1-3-4-10-9-6-5-8(21-17-14(20)15-2)7-11(9)13(19)16-12(10)18/h3,5-7,10H,1,4H2,2H3,(H2,15,17,20)(H,16,18,19). The molecular formula is C14H15N3O3S. The molecule has 0 saturated carbocycles. The normalized spacial score (nSPS) is 16.7. The number of carbonyl (C=O) groups excluding carboxylic acids is 3. The van der Waals surface area contributed by atoms with Gasteiger partial charge in [-0.3, -0.25) is 19.6 Å². The number of rotatable bonds is 4. The molecule has 1 heterocycles. The molecule has 2 rings (SSSR count). The van der Waals surface area contributed by atoms with E-state index in [1.807, 2.05) is 0 Å². The van der Waals surface area contributed by atoms with E-state index >= 15 is 0 Å². The Labute approximate surface area is 126 Å². The van der Waals surface area contributed by atoms with Gasteiger partial charge in [0.15, 0.2) is 0 Å². The van der Waals surface area contributed by atoms with Crippen molar-refractivity contribution >= 4 is 29.8 Å². The van der Waals surface area contributed by atoms with E-state index in [-0.39, 0.29) is 11.9 Å². The minimum atomic E-state index is -0.419. The highest BCUT2D eigenvalue weighted by Gasteiger charge is 2.31. The van der Waals surface area contributed by atoms with Gasteiger partial charge in [-0.2, -0.15) is 0 Å². The molecule has 0 bridgehead atoms. The second-order valence-corrected chi connectivity index (χ2v) is 5.31. The Morgan fingerprint density at radius 1 is 1.48 bits per heavy atom. The van der Waals surface area contributed by atoms with Crippen LogP contribution in [0.25, 0.3) is 0 Å². The van der Waals surface area contributed by atoms with Gasteiger partial charge in [-0.1, -0.05) is 12.1 Å². The molecule has 110 valence electrons. The van der Waals surface area contributed by atoms with E-state index in [4.69, 9.17) is 0 Å². The van der Waals surface area contributed by atoms with Crippen molar-refractivity contribution in [2.45, 2.75) is 17.2 Å². The fraction of sp³-hybridized carbons (Fsp3) is 0.214. The van der Waals surface area contributed by atoms with Crippen molar-refractivity contribution < 1.29 is 14.4 Å². The van der Waals surface area contributed by atoms with E-state index in [2.05, 4.69) is 21.9 Å². The van der Waals surface area contributed by atoms with Crippen LogP contribution in [0.5, 0.6) is 0 Å². The number of benzene rings is 1. The van der Waals surface area contributed by atoms with Gasteiger partial charge in [0.05, 0.1) is 5.92 Å². The fourth-order valence-electron chi connectivity index (χ4n) is 2.06. The zero-order valence-corrected chi connectivity index (χ0v) is 12.3. The molecule has 6 nitrogen and oxygen atoms in total. The first-order valence-electron chi connectivity index (χ1n) is 6.31. The van der Waals surface area contributed by atoms with Crippen molar-refractivity contribution in [2.24, 2.45) is 0 Å². The first-order valence-corrected chi connectivity index (χ1v) is 7.13. The Balaban J connectivity index is 2.27. The maximum Gasteiger partial charge on any atom is 0.324 e. The minimum absolute atomic E-state index is 0.309. The van der Waals surface area contributed by atoms with Crippen molar-refractivity contribution in [1.82, 2.24) is 15.4 Å². The maximum absolute atomic E-state index is 11.9. The van der Waals surface area contributed by atoms with E-state index in [1.54, 1.807) is 24.3 Å². The third-order valence-electron chi connectivity index (χ3n) is 3.09. The number of amides is 4. The molecule has 1 aliphatic heterocycles. The van der Waals surface area contributed by atoms with Gasteiger partial charge in [0.25, 0.3) is 5.91 Å². The fourth-order valence-corrected chi connectivity index (χ4v) is 2.69. The average Bonchev–Trinajstić information content (AvgIpc) is 2.49. The van der Waals surface area contributed by atoms with Crippen LogP contribution in [0, 0.1) is 0 Å². The number of hydrogen-bond acceptors (Lipinski definition) is 4. The molecule has 0 aromatic heterocycles. The van der Waals surface area contributed by atoms with E-state index in [0.29, 0.717) is 22.4 Å². The van der Waals surface area contributed by atoms with Crippen molar-refractivity contribution in [3.63, 3.8) is 0 Å². The Kier molecular flexibility index (Phi) is 4.64. The van der Waals surface area contributed by atoms with Crippen LogP contribution >= 0.6 is 11.9 Å². The molecule has 21 heavy (non-hydrogen) atoms. The van der Waals surface area contributed by atoms with Gasteiger partial charge < -0.3 is 5.32 Å². The molecule has 0 fully saturated rings. The third kappa shape index (κ3) is 3.25. The van der Waals surface area contributed by atoms with Crippen LogP contribution in [0.1, 0.15) is 28.3 Å². The van der Waals surface area contributed by atoms with Crippen molar-refractivity contribution in [2.75, 3.05) is 7.05 Å². The molecule has 1 aromatic rings. The minimum Gasteiger partial charge on any atom is -0.341 e. The van der Waals surface area contributed by atoms with Crippen molar-refractivity contribution in [1.29, 1.82) is 0 Å². The van der Waals surface area contributed by atoms with Crippen molar-refractivity contribution in [3.8, 4) is 0 Å². The predicted octanol–water partition coefficient (Wildman–Crippen LogP) is 1.55. The number of fused-ring (bicyclic) bond motifs is 1. The lowest BCUT2D eigenvalue weighted by atomic mass is 9.87. The zero-order valence-electron chi connectivity index (χ0n) is 11.4. The molecule has 0 radical (unpaired) electrons. The topological polar surface area (TPSA) is 87.3 Å². The Bertz CT molecular complexity index is 615. The van der Waals surface area contributed by atoms with Crippen LogP contribution in [0.15, 0.2) is 35.7 Å². The summed E-state index contributed by atoms with van der Waals surface area (Å²) in [4.78, 5) is 35.6. The molecule has 0 saturated heterocycles. The van der Waals surface area contributed by atoms with Gasteiger partial charge in [0.1, 0.15) is 0 Å². The van der Waals surface area contributed by atoms with Gasteiger partial charge >= 0.3 is 6.03 Å². The molecule has 0 aliphatic carbocycles. The average molecular weight is 305 g/mol. The summed E-state index contributed by atoms with van der Waals surface area (Å²) >= 11 is 1.10. The first-order chi connectivity index (χ1) is 10.1. The Morgan fingerprint density at radius 2 is 2.24 bits per heavy atom. The van der Waals surface area contributed by atoms with Crippen LogP contribution in [-0.2, 0) is 4.79 Å². The highest BCUT2D eigenvalue weighted by Crippen LogP contribution is 2.30. The van der Waals surface area contributed by atoms with E-state index in [1.165, 1.54) is 7.05 Å². The van der Waals surface area contributed by atoms with E-state index < -0.39 is 11.8 Å². The molecule has 1 unspecified atom stereocenters. The van der Waals surface area contributed by atoms with Crippen LogP contribution in [0.3, 0.4) is 0 Å². The van der Waals surface area contributed by atoms with Crippen molar-refractivity contribution in [3.05, 3.63) is 42.0 Å². The summed E-state index contributed by atoms with van der Waals surface area (Å²) in [6.45, 7) is 3.63. The third-order valence-corrected chi connectivity index (χ3v) is 3.87. The van der Waals surface area contributed by atoms with Crippen LogP contribution in [-0.4, -0.2) is 24.9 Å². The van der Waals surface area contributed by atoms with Crippen LogP contribution in [0.4, 0.5) is 4.79 Å². The molecule has 1 aromatic carbocycles. The molecule has 4 amide bonds. The van der Waals surface area contributed by atoms with Gasteiger partial charge in [0, 0.05) is 17.5 Å². The number of allylic oxidation sites excluding steroid dienone is 1. The summed E-state index contributed by atoms with van der Waals surface area (Å²) in [5, 5.41) is 4.77. The highest BCUT2D eigenvalue weighted by atomic mass is 32.2. The first kappa shape index (κ1) is 15.1. The summed E-state index contributed by atoms with van der Waals surface area (Å²) in [6, 6.07) is 4.84. The Morgan fingerprint density at radius 3 is 2.90 bits per heavy atom. The molecule has 1 atom stereocenters. The number of imide groups is 1. The largest absolute Gasteiger partial charge is 0.341 e. The SMILES string of the molecule is C=CCC1C(=O)NC(=O)c2cc(SNC(=O)NC)ccc21. The number of hydrogen-bond donors (Lipinski definition) is 3. The molecule has 1 aliphatic rings. The van der Waals surface area contributed by atoms with Gasteiger partial charge in [-0.05, 0) is 36.1 Å². The summed E-state index contributed by atoms with van der Waals surface area (Å²) in [5.41, 5.74) is 1.14. The van der Waals surface area contributed by atoms with Crippen LogP contribution < -0.4 is 15.4 Å². The van der Waals surface area contributed by atoms with Gasteiger partial charge in [-0.25, -0.2) is 4.79 Å². The highest BCUT2D eigenvalue weighted by molar-refractivity contribution is 7.98. The second kappa shape index (κ2) is 6.45. The summed E-state index contributed by atoms with van der Waals surface area (Å²) in [7, 11) is 1.52. The zero-order chi connectivity index (χ0) is 15.4. The lowest BCUT2D eigenvalue weighted by Gasteiger charge is -2.23. The maximum atomic E-state index is 11.9. The monoisotopic (exact) mass is 305 g/mol. The second-order valence-electron chi connectivity index (χ2n) is 4.43. The van der Waals surface area contributed by atoms with Gasteiger partial charge in [0.2, 0.25) is 5.91 Å². The number of urea groups is 1. The smallest absolute Gasteiger partial charge is 0.324 e. The predicted molar refractivity (Wildman–Crippen MR) is 79.9 cm³/mol. The lowest BCUT2D eigenvalue weighted by molar-refractivity contribution is -0.121. The summed E-state index contributed by atoms with van der Waals surface area (Å²) in [5.74, 6) is -1.13. The van der Waals surface area contributed by atoms with Gasteiger partial charge in [-0.15, -0.1) is 6.58 Å².